The Morgan fingerprint density at radius 2 is 1.97 bits per heavy atom. The minimum Gasteiger partial charge on any atom is -0.348 e. The maximum Gasteiger partial charge on any atom is 0.309 e. The van der Waals surface area contributed by atoms with E-state index in [2.05, 4.69) is 10.6 Å². The van der Waals surface area contributed by atoms with Gasteiger partial charge in [-0.05, 0) is 61.4 Å². The lowest BCUT2D eigenvalue weighted by Gasteiger charge is -2.34. The number of rotatable bonds is 7. The van der Waals surface area contributed by atoms with Gasteiger partial charge in [-0.2, -0.15) is 4.31 Å². The first kappa shape index (κ1) is 23.4. The summed E-state index contributed by atoms with van der Waals surface area (Å²) in [7, 11) is -3.78. The number of sulfonamides is 1. The van der Waals surface area contributed by atoms with E-state index in [0.29, 0.717) is 19.4 Å². The van der Waals surface area contributed by atoms with Crippen LogP contribution in [0, 0.1) is 12.7 Å². The van der Waals surface area contributed by atoms with Gasteiger partial charge in [-0.3, -0.25) is 9.59 Å². The van der Waals surface area contributed by atoms with Crippen LogP contribution in [0.15, 0.2) is 40.6 Å². The molecular formula is C21H26FN3O4S2. The van der Waals surface area contributed by atoms with Crippen molar-refractivity contribution < 1.29 is 22.4 Å². The predicted octanol–water partition coefficient (Wildman–Crippen LogP) is 2.56. The van der Waals surface area contributed by atoms with Crippen molar-refractivity contribution >= 4 is 33.2 Å². The van der Waals surface area contributed by atoms with Crippen molar-refractivity contribution in [2.75, 3.05) is 13.1 Å². The molecule has 1 aromatic heterocycles. The monoisotopic (exact) mass is 467 g/mol. The first-order valence-corrected chi connectivity index (χ1v) is 12.5. The first-order chi connectivity index (χ1) is 14.8. The van der Waals surface area contributed by atoms with Gasteiger partial charge >= 0.3 is 11.8 Å². The molecule has 2 heterocycles. The van der Waals surface area contributed by atoms with Gasteiger partial charge < -0.3 is 10.6 Å². The third-order valence-electron chi connectivity index (χ3n) is 5.28. The quantitative estimate of drug-likeness (QED) is 0.612. The van der Waals surface area contributed by atoms with Crippen LogP contribution in [0.2, 0.25) is 0 Å². The molecule has 7 nitrogen and oxygen atoms in total. The van der Waals surface area contributed by atoms with Crippen LogP contribution in [0.5, 0.6) is 0 Å². The Morgan fingerprint density at radius 3 is 2.68 bits per heavy atom. The molecule has 2 amide bonds. The van der Waals surface area contributed by atoms with E-state index in [-0.39, 0.29) is 29.6 Å². The number of aryl methyl sites for hydroxylation is 1. The summed E-state index contributed by atoms with van der Waals surface area (Å²) in [5.74, 6) is -1.91. The molecule has 1 aromatic carbocycles. The van der Waals surface area contributed by atoms with Crippen molar-refractivity contribution in [3.05, 3.63) is 52.0 Å². The van der Waals surface area contributed by atoms with Crippen molar-refractivity contribution in [1.29, 1.82) is 0 Å². The highest BCUT2D eigenvalue weighted by Crippen LogP contribution is 2.27. The van der Waals surface area contributed by atoms with E-state index < -0.39 is 27.7 Å². The number of nitrogens with zero attached hydrogens (tertiary/aromatic N) is 1. The summed E-state index contributed by atoms with van der Waals surface area (Å²) in [6.07, 6.45) is 2.69. The van der Waals surface area contributed by atoms with Gasteiger partial charge in [0.15, 0.2) is 0 Å². The highest BCUT2D eigenvalue weighted by molar-refractivity contribution is 7.89. The van der Waals surface area contributed by atoms with E-state index >= 15 is 0 Å². The molecule has 0 aliphatic carbocycles. The highest BCUT2D eigenvalue weighted by atomic mass is 32.2. The molecule has 0 radical (unpaired) electrons. The summed E-state index contributed by atoms with van der Waals surface area (Å²) < 4.78 is 41.2. The maximum atomic E-state index is 13.6. The highest BCUT2D eigenvalue weighted by Gasteiger charge is 2.33. The number of hydrogen-bond acceptors (Lipinski definition) is 5. The maximum absolute atomic E-state index is 13.6. The molecule has 10 heteroatoms. The lowest BCUT2D eigenvalue weighted by molar-refractivity contribution is -0.139. The van der Waals surface area contributed by atoms with Crippen molar-refractivity contribution in [2.24, 2.45) is 0 Å². The van der Waals surface area contributed by atoms with Crippen molar-refractivity contribution in [2.45, 2.75) is 50.1 Å². The summed E-state index contributed by atoms with van der Waals surface area (Å²) in [5, 5.41) is 7.02. The Balaban J connectivity index is 1.56. The number of nitrogens with one attached hydrogen (secondary N) is 2. The number of benzene rings is 1. The minimum atomic E-state index is -3.78. The van der Waals surface area contributed by atoms with Crippen molar-refractivity contribution in [1.82, 2.24) is 14.9 Å². The van der Waals surface area contributed by atoms with Crippen LogP contribution in [0.4, 0.5) is 4.39 Å². The summed E-state index contributed by atoms with van der Waals surface area (Å²) in [6, 6.07) is 7.22. The number of piperidine rings is 1. The second-order valence-electron chi connectivity index (χ2n) is 7.48. The standard InChI is InChI=1S/C21H26FN3O4S2/c1-15-13-18(7-8-19(15)22)31(28,29)25-11-3-2-5-16(25)9-10-23-20(26)21(27)24-14-17-6-4-12-30-17/h4,6-8,12-13,16H,2-3,5,9-11,14H2,1H3,(H,23,26)(H,24,27)/t16-/m1/s1. The molecule has 2 aromatic rings. The number of thiophene rings is 1. The molecule has 0 saturated carbocycles. The third kappa shape index (κ3) is 5.90. The second kappa shape index (κ2) is 10.3. The van der Waals surface area contributed by atoms with E-state index in [1.54, 1.807) is 0 Å². The van der Waals surface area contributed by atoms with Crippen LogP contribution in [-0.4, -0.2) is 43.7 Å². The lowest BCUT2D eigenvalue weighted by Crippen LogP contribution is -2.46. The molecule has 31 heavy (non-hydrogen) atoms. The fraction of sp³-hybridized carbons (Fsp3) is 0.429. The molecule has 2 N–H and O–H groups in total. The normalized spacial score (nSPS) is 17.3. The molecule has 1 fully saturated rings. The zero-order valence-electron chi connectivity index (χ0n) is 17.3. The SMILES string of the molecule is Cc1cc(S(=O)(=O)N2CCCC[C@@H]2CCNC(=O)C(=O)NCc2cccs2)ccc1F. The van der Waals surface area contributed by atoms with Crippen LogP contribution in [0.3, 0.4) is 0 Å². The van der Waals surface area contributed by atoms with E-state index in [4.69, 9.17) is 0 Å². The molecule has 0 spiro atoms. The van der Waals surface area contributed by atoms with Gasteiger partial charge in [0.2, 0.25) is 10.0 Å². The summed E-state index contributed by atoms with van der Waals surface area (Å²) >= 11 is 1.49. The van der Waals surface area contributed by atoms with Crippen LogP contribution >= 0.6 is 11.3 Å². The van der Waals surface area contributed by atoms with Gasteiger partial charge in [-0.25, -0.2) is 12.8 Å². The lowest BCUT2D eigenvalue weighted by atomic mass is 10.0. The summed E-state index contributed by atoms with van der Waals surface area (Å²) in [6.45, 7) is 2.37. The van der Waals surface area contributed by atoms with Crippen LogP contribution in [0.1, 0.15) is 36.1 Å². The molecule has 1 saturated heterocycles. The second-order valence-corrected chi connectivity index (χ2v) is 10.4. The minimum absolute atomic E-state index is 0.0651. The summed E-state index contributed by atoms with van der Waals surface area (Å²) in [5.41, 5.74) is 0.274. The number of carbonyl (C=O) groups excluding carboxylic acids is 2. The van der Waals surface area contributed by atoms with Gasteiger partial charge in [-0.15, -0.1) is 11.3 Å². The van der Waals surface area contributed by atoms with Gasteiger partial charge in [0.1, 0.15) is 5.82 Å². The predicted molar refractivity (Wildman–Crippen MR) is 116 cm³/mol. The zero-order chi connectivity index (χ0) is 22.4. The third-order valence-corrected chi connectivity index (χ3v) is 8.11. The van der Waals surface area contributed by atoms with Gasteiger partial charge in [0.05, 0.1) is 11.4 Å². The average molecular weight is 468 g/mol. The molecule has 168 valence electrons. The van der Waals surface area contributed by atoms with Crippen LogP contribution < -0.4 is 10.6 Å². The molecular weight excluding hydrogens is 441 g/mol. The number of amides is 2. The van der Waals surface area contributed by atoms with Crippen LogP contribution in [-0.2, 0) is 26.2 Å². The van der Waals surface area contributed by atoms with Crippen molar-refractivity contribution in [3.63, 3.8) is 0 Å². The fourth-order valence-electron chi connectivity index (χ4n) is 3.59. The fourth-order valence-corrected chi connectivity index (χ4v) is 6.04. The van der Waals surface area contributed by atoms with Crippen molar-refractivity contribution in [3.8, 4) is 0 Å². The Labute approximate surface area is 185 Å². The number of halogens is 1. The molecule has 1 aliphatic heterocycles. The van der Waals surface area contributed by atoms with Crippen LogP contribution in [0.25, 0.3) is 0 Å². The van der Waals surface area contributed by atoms with E-state index in [9.17, 15) is 22.4 Å². The first-order valence-electron chi connectivity index (χ1n) is 10.2. The van der Waals surface area contributed by atoms with Gasteiger partial charge in [-0.1, -0.05) is 12.5 Å². The Morgan fingerprint density at radius 1 is 1.19 bits per heavy atom. The summed E-state index contributed by atoms with van der Waals surface area (Å²) in [4.78, 5) is 25.0. The Bertz CT molecular complexity index is 1030. The van der Waals surface area contributed by atoms with E-state index in [0.717, 1.165) is 23.8 Å². The molecule has 1 atom stereocenters. The zero-order valence-corrected chi connectivity index (χ0v) is 18.9. The topological polar surface area (TPSA) is 95.6 Å². The largest absolute Gasteiger partial charge is 0.348 e. The average Bonchev–Trinajstić information content (AvgIpc) is 3.27. The number of carbonyl (C=O) groups is 2. The molecule has 3 rings (SSSR count). The number of hydrogen-bond donors (Lipinski definition) is 2. The smallest absolute Gasteiger partial charge is 0.309 e. The Kier molecular flexibility index (Phi) is 7.79. The van der Waals surface area contributed by atoms with Gasteiger partial charge in [0.25, 0.3) is 0 Å². The molecule has 0 bridgehead atoms. The van der Waals surface area contributed by atoms with Gasteiger partial charge in [0, 0.05) is 24.0 Å². The van der Waals surface area contributed by atoms with E-state index in [1.165, 1.54) is 34.7 Å². The molecule has 1 aliphatic rings. The Hall–Kier alpha value is -2.30. The molecule has 0 unspecified atom stereocenters. The van der Waals surface area contributed by atoms with E-state index in [1.807, 2.05) is 17.5 Å².